The Morgan fingerprint density at radius 3 is 2.96 bits per heavy atom. The predicted octanol–water partition coefficient (Wildman–Crippen LogP) is 3.52. The van der Waals surface area contributed by atoms with Crippen LogP contribution < -0.4 is 10.6 Å². The standard InChI is InChI=1S/C19H27N5O3S/c1-4-11(2)27-19(26)21-14-6-5-13(7-14)15-8-16(24-23-15)22-17(25)9-18-20-10-12(3)28-18/h8,10-11,13-14H,4-7,9H2,1-3H3,(H,21,26)(H2,22,23,24,25). The molecule has 1 saturated carbocycles. The molecule has 1 aliphatic rings. The lowest BCUT2D eigenvalue weighted by Gasteiger charge is -2.16. The molecule has 2 aromatic rings. The summed E-state index contributed by atoms with van der Waals surface area (Å²) in [5.74, 6) is 0.653. The lowest BCUT2D eigenvalue weighted by atomic mass is 10.0. The molecule has 152 valence electrons. The summed E-state index contributed by atoms with van der Waals surface area (Å²) >= 11 is 1.52. The van der Waals surface area contributed by atoms with E-state index in [9.17, 15) is 9.59 Å². The Morgan fingerprint density at radius 2 is 2.25 bits per heavy atom. The zero-order valence-corrected chi connectivity index (χ0v) is 17.3. The van der Waals surface area contributed by atoms with Crippen molar-refractivity contribution in [1.82, 2.24) is 20.5 Å². The maximum atomic E-state index is 12.1. The largest absolute Gasteiger partial charge is 0.447 e. The Morgan fingerprint density at radius 1 is 1.43 bits per heavy atom. The number of amides is 2. The van der Waals surface area contributed by atoms with Crippen LogP contribution in [0.1, 0.15) is 61.0 Å². The number of carbonyl (C=O) groups excluding carboxylic acids is 2. The highest BCUT2D eigenvalue weighted by Crippen LogP contribution is 2.34. The molecule has 28 heavy (non-hydrogen) atoms. The molecular weight excluding hydrogens is 378 g/mol. The second-order valence-electron chi connectivity index (χ2n) is 7.27. The van der Waals surface area contributed by atoms with Crippen LogP contribution in [0.4, 0.5) is 10.6 Å². The number of nitrogens with zero attached hydrogens (tertiary/aromatic N) is 2. The van der Waals surface area contributed by atoms with E-state index in [1.54, 1.807) is 6.20 Å². The minimum absolute atomic E-state index is 0.0794. The van der Waals surface area contributed by atoms with E-state index in [2.05, 4.69) is 25.8 Å². The van der Waals surface area contributed by atoms with Crippen molar-refractivity contribution in [2.24, 2.45) is 0 Å². The smallest absolute Gasteiger partial charge is 0.407 e. The van der Waals surface area contributed by atoms with Gasteiger partial charge in [-0.3, -0.25) is 9.89 Å². The lowest BCUT2D eigenvalue weighted by molar-refractivity contribution is -0.115. The quantitative estimate of drug-likeness (QED) is 0.653. The van der Waals surface area contributed by atoms with Gasteiger partial charge in [-0.05, 0) is 39.5 Å². The summed E-state index contributed by atoms with van der Waals surface area (Å²) in [7, 11) is 0. The molecule has 3 unspecified atom stereocenters. The van der Waals surface area contributed by atoms with Crippen LogP contribution in [0.3, 0.4) is 0 Å². The van der Waals surface area contributed by atoms with E-state index >= 15 is 0 Å². The summed E-state index contributed by atoms with van der Waals surface area (Å²) < 4.78 is 5.28. The van der Waals surface area contributed by atoms with Crippen LogP contribution in [-0.4, -0.2) is 39.3 Å². The van der Waals surface area contributed by atoms with Crippen LogP contribution >= 0.6 is 11.3 Å². The van der Waals surface area contributed by atoms with E-state index in [0.717, 1.165) is 41.3 Å². The molecule has 3 N–H and O–H groups in total. The normalized spacial score (nSPS) is 20.0. The van der Waals surface area contributed by atoms with Gasteiger partial charge in [-0.15, -0.1) is 11.3 Å². The number of aryl methyl sites for hydroxylation is 1. The number of hydrogen-bond acceptors (Lipinski definition) is 6. The first-order valence-corrected chi connectivity index (χ1v) is 10.5. The van der Waals surface area contributed by atoms with Gasteiger partial charge in [0.15, 0.2) is 5.82 Å². The van der Waals surface area contributed by atoms with E-state index < -0.39 is 0 Å². The summed E-state index contributed by atoms with van der Waals surface area (Å²) in [6, 6.07) is 1.96. The van der Waals surface area contributed by atoms with Crippen molar-refractivity contribution >= 4 is 29.2 Å². The summed E-state index contributed by atoms with van der Waals surface area (Å²) in [5.41, 5.74) is 0.972. The molecule has 3 atom stereocenters. The van der Waals surface area contributed by atoms with Crippen LogP contribution in [0.5, 0.6) is 0 Å². The van der Waals surface area contributed by atoms with Gasteiger partial charge >= 0.3 is 6.09 Å². The zero-order valence-electron chi connectivity index (χ0n) is 16.4. The summed E-state index contributed by atoms with van der Waals surface area (Å²) in [6.45, 7) is 5.83. The topological polar surface area (TPSA) is 109 Å². The molecule has 1 fully saturated rings. The molecule has 0 saturated heterocycles. The number of alkyl carbamates (subject to hydrolysis) is 1. The Kier molecular flexibility index (Phi) is 6.66. The summed E-state index contributed by atoms with van der Waals surface area (Å²) in [6.07, 6.45) is 5.04. The number of thiazole rings is 1. The van der Waals surface area contributed by atoms with Gasteiger partial charge in [0.2, 0.25) is 5.91 Å². The van der Waals surface area contributed by atoms with Gasteiger partial charge < -0.3 is 15.4 Å². The fraction of sp³-hybridized carbons (Fsp3) is 0.579. The van der Waals surface area contributed by atoms with Crippen LogP contribution in [0.15, 0.2) is 12.3 Å². The van der Waals surface area contributed by atoms with Crippen molar-refractivity contribution in [3.63, 3.8) is 0 Å². The van der Waals surface area contributed by atoms with Crippen molar-refractivity contribution in [2.75, 3.05) is 5.32 Å². The molecular formula is C19H27N5O3S. The Hall–Kier alpha value is -2.42. The first-order valence-electron chi connectivity index (χ1n) is 9.66. The highest BCUT2D eigenvalue weighted by Gasteiger charge is 2.29. The molecule has 1 aliphatic carbocycles. The van der Waals surface area contributed by atoms with E-state index in [4.69, 9.17) is 4.74 Å². The molecule has 2 aromatic heterocycles. The average molecular weight is 406 g/mol. The van der Waals surface area contributed by atoms with Crippen LogP contribution in [0.25, 0.3) is 0 Å². The monoisotopic (exact) mass is 405 g/mol. The highest BCUT2D eigenvalue weighted by molar-refractivity contribution is 7.11. The number of anilines is 1. The third kappa shape index (κ3) is 5.54. The first kappa shape index (κ1) is 20.3. The molecule has 2 amide bonds. The molecule has 0 bridgehead atoms. The SMILES string of the molecule is CCC(C)OC(=O)NC1CCC(c2cc(NC(=O)Cc3ncc(C)s3)n[nH]2)C1. The Bertz CT molecular complexity index is 818. The van der Waals surface area contributed by atoms with E-state index in [1.807, 2.05) is 26.8 Å². The maximum Gasteiger partial charge on any atom is 0.407 e. The second-order valence-corrected chi connectivity index (χ2v) is 8.59. The van der Waals surface area contributed by atoms with Crippen molar-refractivity contribution in [1.29, 1.82) is 0 Å². The van der Waals surface area contributed by atoms with Gasteiger partial charge in [-0.2, -0.15) is 5.10 Å². The molecule has 8 nitrogen and oxygen atoms in total. The molecule has 0 aliphatic heterocycles. The number of ether oxygens (including phenoxy) is 1. The molecule has 0 aromatic carbocycles. The maximum absolute atomic E-state index is 12.1. The third-order valence-electron chi connectivity index (χ3n) is 4.92. The fourth-order valence-corrected chi connectivity index (χ4v) is 4.06. The van der Waals surface area contributed by atoms with Gasteiger partial charge in [0.05, 0.1) is 6.42 Å². The van der Waals surface area contributed by atoms with Gasteiger partial charge in [0.1, 0.15) is 11.1 Å². The number of H-pyrrole nitrogens is 1. The van der Waals surface area contributed by atoms with Gasteiger partial charge in [0.25, 0.3) is 0 Å². The minimum atomic E-state index is -0.352. The fourth-order valence-electron chi connectivity index (χ4n) is 3.28. The molecule has 0 spiro atoms. The van der Waals surface area contributed by atoms with Crippen molar-refractivity contribution in [2.45, 2.75) is 70.9 Å². The Balaban J connectivity index is 1.47. The van der Waals surface area contributed by atoms with Gasteiger partial charge in [-0.1, -0.05) is 6.92 Å². The van der Waals surface area contributed by atoms with Crippen molar-refractivity contribution in [3.8, 4) is 0 Å². The van der Waals surface area contributed by atoms with Crippen molar-refractivity contribution in [3.05, 3.63) is 27.8 Å². The zero-order chi connectivity index (χ0) is 20.1. The van der Waals surface area contributed by atoms with Crippen molar-refractivity contribution < 1.29 is 14.3 Å². The van der Waals surface area contributed by atoms with Gasteiger partial charge in [-0.25, -0.2) is 9.78 Å². The number of rotatable bonds is 7. The average Bonchev–Trinajstić information content (AvgIpc) is 3.36. The molecule has 3 rings (SSSR count). The molecule has 0 radical (unpaired) electrons. The third-order valence-corrected chi connectivity index (χ3v) is 5.84. The predicted molar refractivity (Wildman–Crippen MR) is 108 cm³/mol. The van der Waals surface area contributed by atoms with Crippen LogP contribution in [-0.2, 0) is 16.0 Å². The number of carbonyl (C=O) groups is 2. The summed E-state index contributed by atoms with van der Waals surface area (Å²) in [5, 5.41) is 13.8. The summed E-state index contributed by atoms with van der Waals surface area (Å²) in [4.78, 5) is 29.3. The highest BCUT2D eigenvalue weighted by atomic mass is 32.1. The number of aromatic amines is 1. The van der Waals surface area contributed by atoms with Crippen LogP contribution in [0, 0.1) is 6.92 Å². The first-order chi connectivity index (χ1) is 13.4. The van der Waals surface area contributed by atoms with E-state index in [-0.39, 0.29) is 36.5 Å². The lowest BCUT2D eigenvalue weighted by Crippen LogP contribution is -2.35. The number of hydrogen-bond donors (Lipinski definition) is 3. The minimum Gasteiger partial charge on any atom is -0.447 e. The van der Waals surface area contributed by atoms with E-state index in [0.29, 0.717) is 5.82 Å². The Labute approximate surface area is 168 Å². The molecule has 9 heteroatoms. The van der Waals surface area contributed by atoms with E-state index in [1.165, 1.54) is 11.3 Å². The van der Waals surface area contributed by atoms with Crippen LogP contribution in [0.2, 0.25) is 0 Å². The second kappa shape index (κ2) is 9.18. The molecule has 2 heterocycles. The number of nitrogens with one attached hydrogen (secondary N) is 3. The van der Waals surface area contributed by atoms with Gasteiger partial charge in [0, 0.05) is 34.8 Å². The number of aromatic nitrogens is 3.